The van der Waals surface area contributed by atoms with Crippen molar-refractivity contribution in [1.82, 2.24) is 0 Å². The Hall–Kier alpha value is -2.08. The fourth-order valence-corrected chi connectivity index (χ4v) is 2.93. The van der Waals surface area contributed by atoms with Crippen LogP contribution in [0.2, 0.25) is 0 Å². The number of benzene rings is 1. The van der Waals surface area contributed by atoms with Crippen LogP contribution in [-0.2, 0) is 15.6 Å². The van der Waals surface area contributed by atoms with Crippen molar-refractivity contribution in [1.29, 1.82) is 0 Å². The second-order valence-corrected chi connectivity index (χ2v) is 6.12. The van der Waals surface area contributed by atoms with Crippen molar-refractivity contribution in [3.8, 4) is 0 Å². The van der Waals surface area contributed by atoms with E-state index in [4.69, 9.17) is 9.52 Å². The molecule has 0 unspecified atom stereocenters. The summed E-state index contributed by atoms with van der Waals surface area (Å²) in [6, 6.07) is 7.60. The van der Waals surface area contributed by atoms with E-state index in [1.807, 2.05) is 6.92 Å². The van der Waals surface area contributed by atoms with Crippen LogP contribution >= 0.6 is 0 Å². The lowest BCUT2D eigenvalue weighted by atomic mass is 10.2. The van der Waals surface area contributed by atoms with Gasteiger partial charge < -0.3 is 9.52 Å². The van der Waals surface area contributed by atoms with Crippen LogP contribution in [-0.4, -0.2) is 19.5 Å². The first kappa shape index (κ1) is 13.4. The molecular weight excluding hydrogens is 268 g/mol. The molecule has 0 radical (unpaired) electrons. The van der Waals surface area contributed by atoms with E-state index in [1.54, 1.807) is 12.1 Å². The Bertz CT molecular complexity index is 695. The van der Waals surface area contributed by atoms with E-state index in [9.17, 15) is 13.2 Å². The van der Waals surface area contributed by atoms with E-state index in [1.165, 1.54) is 24.5 Å². The first-order valence-corrected chi connectivity index (χ1v) is 7.14. The Labute approximate surface area is 110 Å². The van der Waals surface area contributed by atoms with Crippen LogP contribution < -0.4 is 0 Å². The highest BCUT2D eigenvalue weighted by Crippen LogP contribution is 2.20. The van der Waals surface area contributed by atoms with Crippen molar-refractivity contribution in [3.63, 3.8) is 0 Å². The lowest BCUT2D eigenvalue weighted by Gasteiger charge is -2.04. The molecule has 1 N–H and O–H groups in total. The highest BCUT2D eigenvalue weighted by molar-refractivity contribution is 7.90. The summed E-state index contributed by atoms with van der Waals surface area (Å²) in [6.07, 6.45) is 1.17. The van der Waals surface area contributed by atoms with E-state index in [2.05, 4.69) is 0 Å². The SMILES string of the molecule is Cc1ccc(S(=O)(=O)Cc2occc2C(=O)O)cc1. The molecule has 0 fully saturated rings. The highest BCUT2D eigenvalue weighted by Gasteiger charge is 2.22. The summed E-state index contributed by atoms with van der Waals surface area (Å²) in [4.78, 5) is 11.0. The predicted molar refractivity (Wildman–Crippen MR) is 67.7 cm³/mol. The maximum atomic E-state index is 12.1. The number of hydrogen-bond donors (Lipinski definition) is 1. The van der Waals surface area contributed by atoms with Gasteiger partial charge in [-0.15, -0.1) is 0 Å². The number of rotatable bonds is 4. The van der Waals surface area contributed by atoms with Crippen LogP contribution in [0.1, 0.15) is 21.7 Å². The highest BCUT2D eigenvalue weighted by atomic mass is 32.2. The Morgan fingerprint density at radius 2 is 1.84 bits per heavy atom. The van der Waals surface area contributed by atoms with Crippen LogP contribution in [0.15, 0.2) is 45.9 Å². The minimum atomic E-state index is -3.61. The molecule has 0 aliphatic heterocycles. The number of furan rings is 1. The lowest BCUT2D eigenvalue weighted by Crippen LogP contribution is -2.08. The molecule has 100 valence electrons. The third-order valence-electron chi connectivity index (χ3n) is 2.68. The minimum Gasteiger partial charge on any atom is -0.478 e. The quantitative estimate of drug-likeness (QED) is 0.928. The fraction of sp³-hybridized carbons (Fsp3) is 0.154. The summed E-state index contributed by atoms with van der Waals surface area (Å²) in [5.41, 5.74) is 0.818. The largest absolute Gasteiger partial charge is 0.478 e. The van der Waals surface area contributed by atoms with Gasteiger partial charge >= 0.3 is 5.97 Å². The molecule has 2 rings (SSSR count). The monoisotopic (exact) mass is 280 g/mol. The third-order valence-corrected chi connectivity index (χ3v) is 4.31. The van der Waals surface area contributed by atoms with Gasteiger partial charge in [0.1, 0.15) is 17.1 Å². The van der Waals surface area contributed by atoms with Crippen LogP contribution in [0.25, 0.3) is 0 Å². The van der Waals surface area contributed by atoms with Gasteiger partial charge in [-0.1, -0.05) is 17.7 Å². The standard InChI is InChI=1S/C13H12O5S/c1-9-2-4-10(5-3-9)19(16,17)8-12-11(13(14)15)6-7-18-12/h2-7H,8H2,1H3,(H,14,15). The van der Waals surface area contributed by atoms with Gasteiger partial charge in [0.05, 0.1) is 11.2 Å². The second-order valence-electron chi connectivity index (χ2n) is 4.13. The maximum Gasteiger partial charge on any atom is 0.339 e. The second kappa shape index (κ2) is 4.89. The molecule has 6 heteroatoms. The summed E-state index contributed by atoms with van der Waals surface area (Å²) < 4.78 is 29.2. The molecule has 0 amide bonds. The number of aromatic carboxylic acids is 1. The maximum absolute atomic E-state index is 12.1. The van der Waals surface area contributed by atoms with Crippen LogP contribution in [0.5, 0.6) is 0 Å². The molecule has 0 atom stereocenters. The molecule has 5 nitrogen and oxygen atoms in total. The van der Waals surface area contributed by atoms with Gasteiger partial charge in [0.15, 0.2) is 9.84 Å². The molecule has 0 saturated heterocycles. The topological polar surface area (TPSA) is 84.6 Å². The summed E-state index contributed by atoms with van der Waals surface area (Å²) in [5, 5.41) is 8.90. The number of sulfone groups is 1. The summed E-state index contributed by atoms with van der Waals surface area (Å²) >= 11 is 0. The first-order chi connectivity index (χ1) is 8.90. The van der Waals surface area contributed by atoms with Crippen molar-refractivity contribution < 1.29 is 22.7 Å². The molecule has 19 heavy (non-hydrogen) atoms. The van der Waals surface area contributed by atoms with Crippen molar-refractivity contribution in [2.45, 2.75) is 17.6 Å². The Kier molecular flexibility index (Phi) is 3.44. The molecule has 0 bridgehead atoms. The zero-order chi connectivity index (χ0) is 14.0. The fourth-order valence-electron chi connectivity index (χ4n) is 1.64. The summed E-state index contributed by atoms with van der Waals surface area (Å²) in [6.45, 7) is 1.85. The minimum absolute atomic E-state index is 0.0620. The van der Waals surface area contributed by atoms with Crippen molar-refractivity contribution in [3.05, 3.63) is 53.5 Å². The molecule has 1 aromatic carbocycles. The van der Waals surface area contributed by atoms with Gasteiger partial charge in [-0.3, -0.25) is 0 Å². The van der Waals surface area contributed by atoms with E-state index >= 15 is 0 Å². The molecule has 1 aromatic heterocycles. The Balaban J connectivity index is 2.34. The number of aryl methyl sites for hydroxylation is 1. The van der Waals surface area contributed by atoms with E-state index < -0.39 is 21.6 Å². The predicted octanol–water partition coefficient (Wildman–Crippen LogP) is 2.26. The van der Waals surface area contributed by atoms with Crippen LogP contribution in [0.4, 0.5) is 0 Å². The average molecular weight is 280 g/mol. The Morgan fingerprint density at radius 1 is 1.21 bits per heavy atom. The van der Waals surface area contributed by atoms with Crippen molar-refractivity contribution >= 4 is 15.8 Å². The third kappa shape index (κ3) is 2.85. The van der Waals surface area contributed by atoms with Gasteiger partial charge in [0.25, 0.3) is 0 Å². The normalized spacial score (nSPS) is 11.4. The van der Waals surface area contributed by atoms with Crippen molar-refractivity contribution in [2.75, 3.05) is 0 Å². The van der Waals surface area contributed by atoms with Gasteiger partial charge in [0, 0.05) is 0 Å². The lowest BCUT2D eigenvalue weighted by molar-refractivity contribution is 0.0695. The van der Waals surface area contributed by atoms with Gasteiger partial charge in [-0.25, -0.2) is 13.2 Å². The first-order valence-electron chi connectivity index (χ1n) is 5.49. The van der Waals surface area contributed by atoms with E-state index in [0.29, 0.717) is 0 Å². The van der Waals surface area contributed by atoms with Gasteiger partial charge in [-0.2, -0.15) is 0 Å². The van der Waals surface area contributed by atoms with E-state index in [0.717, 1.165) is 5.56 Å². The Morgan fingerprint density at radius 3 is 2.42 bits per heavy atom. The van der Waals surface area contributed by atoms with Crippen LogP contribution in [0.3, 0.4) is 0 Å². The molecule has 0 aliphatic carbocycles. The molecule has 0 aliphatic rings. The van der Waals surface area contributed by atoms with Gasteiger partial charge in [-0.05, 0) is 25.1 Å². The number of hydrogen-bond acceptors (Lipinski definition) is 4. The number of carboxylic acids is 1. The number of carboxylic acid groups (broad SMARTS) is 1. The summed E-state index contributed by atoms with van der Waals surface area (Å²) in [7, 11) is -3.61. The average Bonchev–Trinajstić information content (AvgIpc) is 2.77. The van der Waals surface area contributed by atoms with E-state index in [-0.39, 0.29) is 16.2 Å². The molecular formula is C13H12O5S. The summed E-state index contributed by atoms with van der Waals surface area (Å²) in [5.74, 6) is -1.74. The van der Waals surface area contributed by atoms with Gasteiger partial charge in [0.2, 0.25) is 0 Å². The van der Waals surface area contributed by atoms with Crippen LogP contribution in [0, 0.1) is 6.92 Å². The smallest absolute Gasteiger partial charge is 0.339 e. The molecule has 0 spiro atoms. The number of carbonyl (C=O) groups is 1. The molecule has 0 saturated carbocycles. The zero-order valence-corrected chi connectivity index (χ0v) is 11.0. The molecule has 2 aromatic rings. The van der Waals surface area contributed by atoms with Crippen molar-refractivity contribution in [2.24, 2.45) is 0 Å². The molecule has 1 heterocycles. The zero-order valence-electron chi connectivity index (χ0n) is 10.2.